The number of carbonyl (C=O) groups is 1. The van der Waals surface area contributed by atoms with Crippen molar-refractivity contribution in [2.24, 2.45) is 0 Å². The zero-order chi connectivity index (χ0) is 10.3. The van der Waals surface area contributed by atoms with E-state index in [1.807, 2.05) is 13.8 Å². The van der Waals surface area contributed by atoms with Crippen molar-refractivity contribution in [2.45, 2.75) is 32.3 Å². The van der Waals surface area contributed by atoms with Crippen LogP contribution in [0, 0.1) is 0 Å². The minimum atomic E-state index is -0.378. The smallest absolute Gasteiger partial charge is 0.330 e. The highest BCUT2D eigenvalue weighted by atomic mass is 28.2. The van der Waals surface area contributed by atoms with Gasteiger partial charge in [-0.15, -0.1) is 0 Å². The Hall–Kier alpha value is -0.613. The van der Waals surface area contributed by atoms with Crippen molar-refractivity contribution in [1.82, 2.24) is 0 Å². The SMILES string of the molecule is C=CC(=O)OCCCC(C)(C)O[Si]. The zero-order valence-electron chi connectivity index (χ0n) is 8.13. The molecule has 0 aromatic heterocycles. The monoisotopic (exact) mass is 199 g/mol. The van der Waals surface area contributed by atoms with Gasteiger partial charge < -0.3 is 9.16 Å². The summed E-state index contributed by atoms with van der Waals surface area (Å²) in [5, 5.41) is 0. The molecule has 0 saturated heterocycles. The molecule has 73 valence electrons. The van der Waals surface area contributed by atoms with Crippen LogP contribution in [0.25, 0.3) is 0 Å². The van der Waals surface area contributed by atoms with Gasteiger partial charge in [-0.05, 0) is 26.7 Å². The fourth-order valence-corrected chi connectivity index (χ4v) is 0.883. The first-order valence-corrected chi connectivity index (χ1v) is 4.56. The van der Waals surface area contributed by atoms with Crippen molar-refractivity contribution >= 4 is 16.5 Å². The van der Waals surface area contributed by atoms with Crippen molar-refractivity contribution in [3.63, 3.8) is 0 Å². The fraction of sp³-hybridized carbons (Fsp3) is 0.667. The lowest BCUT2D eigenvalue weighted by atomic mass is 10.0. The molecule has 0 bridgehead atoms. The summed E-state index contributed by atoms with van der Waals surface area (Å²) in [5.41, 5.74) is -0.225. The van der Waals surface area contributed by atoms with Crippen molar-refractivity contribution in [2.75, 3.05) is 6.61 Å². The summed E-state index contributed by atoms with van der Waals surface area (Å²) in [5.74, 6) is -0.378. The number of carbonyl (C=O) groups excluding carboxylic acids is 1. The van der Waals surface area contributed by atoms with Crippen LogP contribution in [0.2, 0.25) is 0 Å². The molecule has 0 aliphatic carbocycles. The third-order valence-electron chi connectivity index (χ3n) is 1.61. The molecule has 3 nitrogen and oxygen atoms in total. The molecular weight excluding hydrogens is 184 g/mol. The molecule has 0 heterocycles. The Morgan fingerprint density at radius 3 is 2.69 bits per heavy atom. The van der Waals surface area contributed by atoms with Crippen molar-refractivity contribution < 1.29 is 14.0 Å². The second kappa shape index (κ2) is 5.94. The normalized spacial score (nSPS) is 11.0. The minimum absolute atomic E-state index is 0.225. The summed E-state index contributed by atoms with van der Waals surface area (Å²) < 4.78 is 9.82. The maximum Gasteiger partial charge on any atom is 0.330 e. The summed E-state index contributed by atoms with van der Waals surface area (Å²) in [7, 11) is 2.99. The molecule has 13 heavy (non-hydrogen) atoms. The van der Waals surface area contributed by atoms with E-state index in [4.69, 9.17) is 9.16 Å². The average molecular weight is 199 g/mol. The van der Waals surface area contributed by atoms with E-state index < -0.39 is 0 Å². The van der Waals surface area contributed by atoms with Gasteiger partial charge in [0.15, 0.2) is 0 Å². The number of rotatable bonds is 6. The van der Waals surface area contributed by atoms with Gasteiger partial charge in [-0.25, -0.2) is 4.79 Å². The first-order chi connectivity index (χ1) is 6.02. The lowest BCUT2D eigenvalue weighted by Crippen LogP contribution is -2.23. The van der Waals surface area contributed by atoms with E-state index >= 15 is 0 Å². The van der Waals surface area contributed by atoms with Gasteiger partial charge >= 0.3 is 5.97 Å². The second-order valence-corrected chi connectivity index (χ2v) is 3.54. The molecule has 0 atom stereocenters. The number of hydrogen-bond acceptors (Lipinski definition) is 3. The highest BCUT2D eigenvalue weighted by molar-refractivity contribution is 5.98. The lowest BCUT2D eigenvalue weighted by Gasteiger charge is -2.22. The predicted octanol–water partition coefficient (Wildman–Crippen LogP) is 1.37. The van der Waals surface area contributed by atoms with Crippen LogP contribution in [-0.4, -0.2) is 28.7 Å². The molecular formula is C9H15O3Si. The molecule has 0 fully saturated rings. The van der Waals surface area contributed by atoms with Gasteiger partial charge in [0.1, 0.15) is 0 Å². The molecule has 0 amide bonds. The van der Waals surface area contributed by atoms with E-state index in [0.717, 1.165) is 18.9 Å². The van der Waals surface area contributed by atoms with Crippen LogP contribution in [0.4, 0.5) is 0 Å². The van der Waals surface area contributed by atoms with Crippen LogP contribution in [0.5, 0.6) is 0 Å². The van der Waals surface area contributed by atoms with Crippen LogP contribution in [0.1, 0.15) is 26.7 Å². The van der Waals surface area contributed by atoms with Crippen LogP contribution < -0.4 is 0 Å². The maximum absolute atomic E-state index is 10.6. The summed E-state index contributed by atoms with van der Waals surface area (Å²) in [6, 6.07) is 0. The quantitative estimate of drug-likeness (QED) is 0.280. The van der Waals surface area contributed by atoms with E-state index in [9.17, 15) is 4.79 Å². The van der Waals surface area contributed by atoms with Crippen molar-refractivity contribution in [3.8, 4) is 0 Å². The van der Waals surface area contributed by atoms with Gasteiger partial charge in [0.05, 0.1) is 12.2 Å². The Balaban J connectivity index is 3.46. The molecule has 4 heteroatoms. The van der Waals surface area contributed by atoms with Crippen LogP contribution >= 0.6 is 0 Å². The second-order valence-electron chi connectivity index (χ2n) is 3.34. The third-order valence-corrected chi connectivity index (χ3v) is 2.16. The highest BCUT2D eigenvalue weighted by Crippen LogP contribution is 2.14. The molecule has 0 unspecified atom stereocenters. The Morgan fingerprint density at radius 2 is 2.23 bits per heavy atom. The van der Waals surface area contributed by atoms with Crippen molar-refractivity contribution in [3.05, 3.63) is 12.7 Å². The molecule has 0 aromatic carbocycles. The zero-order valence-corrected chi connectivity index (χ0v) is 9.13. The minimum Gasteiger partial charge on any atom is -0.463 e. The number of esters is 1. The average Bonchev–Trinajstić information content (AvgIpc) is 2.12. The molecule has 0 rings (SSSR count). The number of ether oxygens (including phenoxy) is 1. The molecule has 0 aliphatic heterocycles. The fourth-order valence-electron chi connectivity index (χ4n) is 0.781. The Morgan fingerprint density at radius 1 is 1.62 bits per heavy atom. The Labute approximate surface area is 82.7 Å². The van der Waals surface area contributed by atoms with E-state index in [1.165, 1.54) is 0 Å². The number of hydrogen-bond donors (Lipinski definition) is 0. The summed E-state index contributed by atoms with van der Waals surface area (Å²) in [4.78, 5) is 10.6. The first kappa shape index (κ1) is 12.4. The Kier molecular flexibility index (Phi) is 5.66. The Bertz CT molecular complexity index is 178. The largest absolute Gasteiger partial charge is 0.463 e. The lowest BCUT2D eigenvalue weighted by molar-refractivity contribution is -0.138. The van der Waals surface area contributed by atoms with Crippen LogP contribution in [0.15, 0.2) is 12.7 Å². The maximum atomic E-state index is 10.6. The molecule has 0 aliphatic rings. The van der Waals surface area contributed by atoms with E-state index in [1.54, 1.807) is 0 Å². The first-order valence-electron chi connectivity index (χ1n) is 4.16. The van der Waals surface area contributed by atoms with E-state index in [-0.39, 0.29) is 11.6 Å². The van der Waals surface area contributed by atoms with Gasteiger partial charge in [-0.2, -0.15) is 0 Å². The van der Waals surface area contributed by atoms with Crippen LogP contribution in [0.3, 0.4) is 0 Å². The summed E-state index contributed by atoms with van der Waals surface area (Å²) in [6.45, 7) is 7.61. The van der Waals surface area contributed by atoms with Gasteiger partial charge in [-0.1, -0.05) is 6.58 Å². The summed E-state index contributed by atoms with van der Waals surface area (Å²) >= 11 is 0. The van der Waals surface area contributed by atoms with Gasteiger partial charge in [-0.3, -0.25) is 0 Å². The van der Waals surface area contributed by atoms with Crippen LogP contribution in [-0.2, 0) is 14.0 Å². The standard InChI is InChI=1S/C9H15O3Si/c1-4-8(10)11-7-5-6-9(2,3)12-13/h4H,1,5-7H2,2-3H3. The van der Waals surface area contributed by atoms with E-state index in [0.29, 0.717) is 6.61 Å². The third kappa shape index (κ3) is 6.54. The molecule has 0 N–H and O–H groups in total. The molecule has 0 aromatic rings. The van der Waals surface area contributed by atoms with E-state index in [2.05, 4.69) is 17.1 Å². The predicted molar refractivity (Wildman–Crippen MR) is 51.3 cm³/mol. The molecule has 0 spiro atoms. The van der Waals surface area contributed by atoms with Crippen molar-refractivity contribution in [1.29, 1.82) is 0 Å². The van der Waals surface area contributed by atoms with Gasteiger partial charge in [0.2, 0.25) is 10.5 Å². The highest BCUT2D eigenvalue weighted by Gasteiger charge is 2.14. The van der Waals surface area contributed by atoms with Gasteiger partial charge in [0.25, 0.3) is 0 Å². The van der Waals surface area contributed by atoms with Gasteiger partial charge in [0, 0.05) is 6.08 Å². The topological polar surface area (TPSA) is 35.5 Å². The molecule has 3 radical (unpaired) electrons. The molecule has 0 saturated carbocycles. The summed E-state index contributed by atoms with van der Waals surface area (Å²) in [6.07, 6.45) is 2.75.